The predicted octanol–water partition coefficient (Wildman–Crippen LogP) is 5.05. The Hall–Kier alpha value is -2.08. The third kappa shape index (κ3) is 2.06. The molecule has 0 fully saturated rings. The van der Waals surface area contributed by atoms with Crippen LogP contribution in [0.5, 0.6) is 0 Å². The van der Waals surface area contributed by atoms with Crippen LogP contribution in [0.1, 0.15) is 38.9 Å². The van der Waals surface area contributed by atoms with E-state index >= 15 is 0 Å². The molecule has 0 heteroatoms. The minimum Gasteiger partial charge on any atom is -0.0795 e. The van der Waals surface area contributed by atoms with Gasteiger partial charge in [-0.1, -0.05) is 54.1 Å². The number of benzene rings is 2. The fraction of sp³-hybridized carbons (Fsp3) is 0.238. The quantitative estimate of drug-likeness (QED) is 0.717. The van der Waals surface area contributed by atoms with Crippen LogP contribution < -0.4 is 0 Å². The largest absolute Gasteiger partial charge is 0.0795 e. The van der Waals surface area contributed by atoms with Gasteiger partial charge in [-0.05, 0) is 72.1 Å². The van der Waals surface area contributed by atoms with E-state index in [0.717, 1.165) is 19.3 Å². The maximum atomic E-state index is 2.43. The lowest BCUT2D eigenvalue weighted by atomic mass is 9.95. The van der Waals surface area contributed by atoms with E-state index < -0.39 is 0 Å². The lowest BCUT2D eigenvalue weighted by Gasteiger charge is -2.09. The summed E-state index contributed by atoms with van der Waals surface area (Å²) in [5, 5.41) is 0. The topological polar surface area (TPSA) is 0 Å². The second-order valence-electron chi connectivity index (χ2n) is 6.34. The van der Waals surface area contributed by atoms with Gasteiger partial charge in [-0.25, -0.2) is 0 Å². The Morgan fingerprint density at radius 3 is 2.67 bits per heavy atom. The first kappa shape index (κ1) is 12.6. The summed E-state index contributed by atoms with van der Waals surface area (Å²) in [6.45, 7) is 4.46. The summed E-state index contributed by atoms with van der Waals surface area (Å²) in [6.07, 6.45) is 10.3. The number of hydrogen-bond donors (Lipinski definition) is 0. The van der Waals surface area contributed by atoms with Crippen molar-refractivity contribution in [2.45, 2.75) is 33.1 Å². The van der Waals surface area contributed by atoms with E-state index in [1.807, 2.05) is 0 Å². The van der Waals surface area contributed by atoms with Gasteiger partial charge in [0.05, 0.1) is 0 Å². The standard InChI is InChI=1S/C21H20/c1-14-9-10-15(2)21-13-16(12-20(14)21)11-18-7-3-5-17-6-4-8-19(17)18/h3-5,7-10,12H,6,11,13H2,1-2H3. The average Bonchev–Trinajstić information content (AvgIpc) is 3.10. The van der Waals surface area contributed by atoms with Gasteiger partial charge in [-0.15, -0.1) is 0 Å². The van der Waals surface area contributed by atoms with Crippen molar-refractivity contribution in [2.24, 2.45) is 0 Å². The molecule has 21 heavy (non-hydrogen) atoms. The molecule has 2 aromatic rings. The molecule has 2 aromatic carbocycles. The van der Waals surface area contributed by atoms with Crippen molar-refractivity contribution in [2.75, 3.05) is 0 Å². The zero-order chi connectivity index (χ0) is 14.4. The van der Waals surface area contributed by atoms with Crippen LogP contribution in [-0.2, 0) is 19.3 Å². The van der Waals surface area contributed by atoms with Crippen molar-refractivity contribution in [1.29, 1.82) is 0 Å². The maximum absolute atomic E-state index is 2.43. The van der Waals surface area contributed by atoms with Crippen LogP contribution >= 0.6 is 0 Å². The molecule has 2 aliphatic rings. The molecule has 0 saturated carbocycles. The summed E-state index contributed by atoms with van der Waals surface area (Å²) in [4.78, 5) is 0. The van der Waals surface area contributed by atoms with Crippen molar-refractivity contribution in [3.63, 3.8) is 0 Å². The molecule has 0 saturated heterocycles. The zero-order valence-corrected chi connectivity index (χ0v) is 12.7. The zero-order valence-electron chi connectivity index (χ0n) is 12.7. The highest BCUT2D eigenvalue weighted by molar-refractivity contribution is 5.70. The van der Waals surface area contributed by atoms with Gasteiger partial charge in [-0.3, -0.25) is 0 Å². The molecule has 0 amide bonds. The van der Waals surface area contributed by atoms with Gasteiger partial charge < -0.3 is 0 Å². The van der Waals surface area contributed by atoms with Crippen molar-refractivity contribution in [1.82, 2.24) is 0 Å². The molecule has 0 radical (unpaired) electrons. The molecule has 0 atom stereocenters. The minimum atomic E-state index is 1.08. The molecule has 0 bridgehead atoms. The number of fused-ring (bicyclic) bond motifs is 2. The van der Waals surface area contributed by atoms with E-state index in [-0.39, 0.29) is 0 Å². The second kappa shape index (κ2) is 4.73. The number of allylic oxidation sites excluding steroid dienone is 2. The number of hydrogen-bond acceptors (Lipinski definition) is 0. The summed E-state index contributed by atoms with van der Waals surface area (Å²) in [5.41, 5.74) is 11.8. The summed E-state index contributed by atoms with van der Waals surface area (Å²) in [7, 11) is 0. The molecule has 0 unspecified atom stereocenters. The molecule has 4 rings (SSSR count). The van der Waals surface area contributed by atoms with E-state index in [2.05, 4.69) is 62.4 Å². The number of aryl methyl sites for hydroxylation is 2. The highest BCUT2D eigenvalue weighted by atomic mass is 14.2. The fourth-order valence-electron chi connectivity index (χ4n) is 3.68. The van der Waals surface area contributed by atoms with Gasteiger partial charge in [0.15, 0.2) is 0 Å². The van der Waals surface area contributed by atoms with E-state index in [9.17, 15) is 0 Å². The van der Waals surface area contributed by atoms with Crippen LogP contribution in [0.3, 0.4) is 0 Å². The Labute approximate surface area is 126 Å². The van der Waals surface area contributed by atoms with Crippen molar-refractivity contribution in [3.05, 3.63) is 80.9 Å². The van der Waals surface area contributed by atoms with E-state index in [4.69, 9.17) is 0 Å². The fourth-order valence-corrected chi connectivity index (χ4v) is 3.68. The molecule has 0 spiro atoms. The Balaban J connectivity index is 1.68. The summed E-state index contributed by atoms with van der Waals surface area (Å²) in [6, 6.07) is 11.3. The smallest absolute Gasteiger partial charge is 0.00518 e. The van der Waals surface area contributed by atoms with Crippen LogP contribution in [-0.4, -0.2) is 0 Å². The highest BCUT2D eigenvalue weighted by Crippen LogP contribution is 2.33. The Bertz CT molecular complexity index is 788. The summed E-state index contributed by atoms with van der Waals surface area (Å²) >= 11 is 0. The first-order chi connectivity index (χ1) is 10.2. The Morgan fingerprint density at radius 1 is 0.952 bits per heavy atom. The van der Waals surface area contributed by atoms with Crippen LogP contribution in [0.2, 0.25) is 0 Å². The van der Waals surface area contributed by atoms with Crippen molar-refractivity contribution < 1.29 is 0 Å². The molecule has 0 nitrogen and oxygen atoms in total. The van der Waals surface area contributed by atoms with E-state index in [1.165, 1.54) is 38.9 Å². The molecular weight excluding hydrogens is 252 g/mol. The van der Waals surface area contributed by atoms with E-state index in [1.54, 1.807) is 5.57 Å². The second-order valence-corrected chi connectivity index (χ2v) is 6.34. The van der Waals surface area contributed by atoms with Gasteiger partial charge >= 0.3 is 0 Å². The third-order valence-electron chi connectivity index (χ3n) is 4.89. The predicted molar refractivity (Wildman–Crippen MR) is 90.5 cm³/mol. The van der Waals surface area contributed by atoms with Gasteiger partial charge in [-0.2, -0.15) is 0 Å². The van der Waals surface area contributed by atoms with Crippen LogP contribution in [0.15, 0.2) is 42.0 Å². The molecule has 0 aromatic heterocycles. The third-order valence-corrected chi connectivity index (χ3v) is 4.89. The first-order valence-electron chi connectivity index (χ1n) is 7.78. The van der Waals surface area contributed by atoms with Gasteiger partial charge in [0.25, 0.3) is 0 Å². The molecule has 104 valence electrons. The number of rotatable bonds is 2. The van der Waals surface area contributed by atoms with Crippen LogP contribution in [0, 0.1) is 13.8 Å². The maximum Gasteiger partial charge on any atom is -0.00518 e. The minimum absolute atomic E-state index is 1.08. The molecule has 0 aliphatic heterocycles. The van der Waals surface area contributed by atoms with Crippen LogP contribution in [0.4, 0.5) is 0 Å². The van der Waals surface area contributed by atoms with Gasteiger partial charge in [0.1, 0.15) is 0 Å². The van der Waals surface area contributed by atoms with Gasteiger partial charge in [0.2, 0.25) is 0 Å². The van der Waals surface area contributed by atoms with E-state index in [0.29, 0.717) is 0 Å². The lowest BCUT2D eigenvalue weighted by molar-refractivity contribution is 1.05. The SMILES string of the molecule is Cc1ccc(C)c2c1C=C(Cc1cccc3c1C=CC3)C2. The molecule has 0 heterocycles. The Kier molecular flexibility index (Phi) is 2.85. The van der Waals surface area contributed by atoms with Crippen LogP contribution in [0.25, 0.3) is 12.2 Å². The average molecular weight is 272 g/mol. The molecule has 2 aliphatic carbocycles. The first-order valence-corrected chi connectivity index (χ1v) is 7.78. The molecular formula is C21H20. The van der Waals surface area contributed by atoms with Crippen molar-refractivity contribution in [3.8, 4) is 0 Å². The summed E-state index contributed by atoms with van der Waals surface area (Å²) < 4.78 is 0. The normalized spacial score (nSPS) is 15.0. The summed E-state index contributed by atoms with van der Waals surface area (Å²) in [5.74, 6) is 0. The molecule has 0 N–H and O–H groups in total. The monoisotopic (exact) mass is 272 g/mol. The van der Waals surface area contributed by atoms with Crippen molar-refractivity contribution >= 4 is 12.2 Å². The Morgan fingerprint density at radius 2 is 1.81 bits per heavy atom. The van der Waals surface area contributed by atoms with Gasteiger partial charge in [0, 0.05) is 0 Å². The highest BCUT2D eigenvalue weighted by Gasteiger charge is 2.18. The lowest BCUT2D eigenvalue weighted by Crippen LogP contribution is -1.96.